The summed E-state index contributed by atoms with van der Waals surface area (Å²) in [5.41, 5.74) is 6.65. The Bertz CT molecular complexity index is 1370. The molecule has 192 valence electrons. The van der Waals surface area contributed by atoms with Gasteiger partial charge in [-0.3, -0.25) is 9.78 Å². The molecule has 1 fully saturated rings. The monoisotopic (exact) mass is 509 g/mol. The molecular formula is C27H26F3N5O2. The number of carbonyl (C=O) groups is 1. The van der Waals surface area contributed by atoms with E-state index in [1.807, 2.05) is 19.1 Å². The summed E-state index contributed by atoms with van der Waals surface area (Å²) in [6.45, 7) is 4.79. The van der Waals surface area contributed by atoms with Gasteiger partial charge in [0.15, 0.2) is 5.69 Å². The highest BCUT2D eigenvalue weighted by Gasteiger charge is 2.37. The fourth-order valence-electron chi connectivity index (χ4n) is 4.18. The lowest BCUT2D eigenvalue weighted by molar-refractivity contribution is -0.140. The second-order valence-electron chi connectivity index (χ2n) is 8.50. The smallest absolute Gasteiger partial charge is 0.378 e. The Balaban J connectivity index is 1.90. The number of carbonyl (C=O) groups excluding carboxylic acids is 1. The minimum atomic E-state index is -4.78. The maximum atomic E-state index is 13.9. The molecule has 2 aromatic heterocycles. The van der Waals surface area contributed by atoms with Gasteiger partial charge in [-0.25, -0.2) is 4.98 Å². The lowest BCUT2D eigenvalue weighted by Gasteiger charge is -2.28. The second-order valence-corrected chi connectivity index (χ2v) is 8.50. The van der Waals surface area contributed by atoms with Crippen LogP contribution in [-0.2, 0) is 10.9 Å². The van der Waals surface area contributed by atoms with Crippen molar-refractivity contribution >= 4 is 11.7 Å². The molecule has 7 nitrogen and oxygen atoms in total. The fourth-order valence-corrected chi connectivity index (χ4v) is 4.18. The second kappa shape index (κ2) is 11.0. The van der Waals surface area contributed by atoms with E-state index >= 15 is 0 Å². The van der Waals surface area contributed by atoms with Crippen LogP contribution >= 0.6 is 0 Å². The molecule has 0 unspecified atom stereocenters. The third-order valence-corrected chi connectivity index (χ3v) is 5.95. The van der Waals surface area contributed by atoms with E-state index in [0.29, 0.717) is 49.9 Å². The van der Waals surface area contributed by atoms with Crippen molar-refractivity contribution in [2.75, 3.05) is 44.8 Å². The molecule has 3 heterocycles. The highest BCUT2D eigenvalue weighted by molar-refractivity contribution is 6.00. The third-order valence-electron chi connectivity index (χ3n) is 5.95. The summed E-state index contributed by atoms with van der Waals surface area (Å²) in [5.74, 6) is 5.79. The molecular weight excluding hydrogens is 483 g/mol. The van der Waals surface area contributed by atoms with Crippen molar-refractivity contribution in [2.24, 2.45) is 5.73 Å². The van der Waals surface area contributed by atoms with Crippen molar-refractivity contribution < 1.29 is 22.7 Å². The number of alkyl halides is 3. The lowest BCUT2D eigenvalue weighted by Crippen LogP contribution is -2.36. The average Bonchev–Trinajstić information content (AvgIpc) is 2.88. The highest BCUT2D eigenvalue weighted by atomic mass is 19.4. The van der Waals surface area contributed by atoms with Crippen molar-refractivity contribution in [3.05, 3.63) is 65.1 Å². The van der Waals surface area contributed by atoms with E-state index in [1.54, 1.807) is 19.2 Å². The summed E-state index contributed by atoms with van der Waals surface area (Å²) in [7, 11) is 1.79. The molecule has 0 saturated carbocycles. The molecule has 0 spiro atoms. The number of aromatic nitrogens is 2. The predicted octanol–water partition coefficient (Wildman–Crippen LogP) is 3.64. The molecule has 0 aliphatic carbocycles. The maximum Gasteiger partial charge on any atom is 0.433 e. The van der Waals surface area contributed by atoms with E-state index in [2.05, 4.69) is 27.0 Å². The standard InChI is InChI=1S/C27H26F3N5O2/c1-17-5-6-18(24-21(26(31)36)7-9-33-25(24)27(28,29)30)15-22(17)19-14-20(4-3-8-32-2)34-23(16-19)35-10-12-37-13-11-35/h5-7,9,14-16,32H,8,10-13H2,1-2H3,(H2,31,36). The van der Waals surface area contributed by atoms with E-state index < -0.39 is 17.8 Å². The van der Waals surface area contributed by atoms with Gasteiger partial charge in [0.1, 0.15) is 11.5 Å². The Morgan fingerprint density at radius 3 is 2.59 bits per heavy atom. The van der Waals surface area contributed by atoms with Gasteiger partial charge >= 0.3 is 6.18 Å². The van der Waals surface area contributed by atoms with Gasteiger partial charge in [0.25, 0.3) is 0 Å². The first kappa shape index (κ1) is 26.1. The molecule has 4 rings (SSSR count). The largest absolute Gasteiger partial charge is 0.433 e. The summed E-state index contributed by atoms with van der Waals surface area (Å²) in [4.78, 5) is 22.4. The van der Waals surface area contributed by atoms with E-state index in [1.165, 1.54) is 12.1 Å². The molecule has 0 atom stereocenters. The number of anilines is 1. The Hall–Kier alpha value is -3.94. The molecule has 1 aliphatic rings. The van der Waals surface area contributed by atoms with Gasteiger partial charge in [0.2, 0.25) is 5.91 Å². The van der Waals surface area contributed by atoms with Crippen LogP contribution < -0.4 is 16.0 Å². The minimum absolute atomic E-state index is 0.183. The van der Waals surface area contributed by atoms with Crippen LogP contribution in [0.4, 0.5) is 19.0 Å². The lowest BCUT2D eigenvalue weighted by atomic mass is 9.92. The number of nitrogens with zero attached hydrogens (tertiary/aromatic N) is 3. The first-order chi connectivity index (χ1) is 17.7. The number of nitrogens with one attached hydrogen (secondary N) is 1. The van der Waals surface area contributed by atoms with Crippen LogP contribution in [0.1, 0.15) is 27.3 Å². The first-order valence-electron chi connectivity index (χ1n) is 11.6. The molecule has 10 heteroatoms. The van der Waals surface area contributed by atoms with Gasteiger partial charge in [-0.05, 0) is 66.4 Å². The zero-order valence-corrected chi connectivity index (χ0v) is 20.4. The molecule has 1 amide bonds. The number of aryl methyl sites for hydroxylation is 1. The number of amides is 1. The Kier molecular flexibility index (Phi) is 7.76. The number of primary amides is 1. The molecule has 0 radical (unpaired) electrons. The number of hydrogen-bond acceptors (Lipinski definition) is 6. The third kappa shape index (κ3) is 5.90. The molecule has 37 heavy (non-hydrogen) atoms. The Morgan fingerprint density at radius 1 is 1.16 bits per heavy atom. The first-order valence-corrected chi connectivity index (χ1v) is 11.6. The van der Waals surface area contributed by atoms with Gasteiger partial charge in [-0.2, -0.15) is 13.2 Å². The van der Waals surface area contributed by atoms with E-state index in [9.17, 15) is 18.0 Å². The number of benzene rings is 1. The van der Waals surface area contributed by atoms with Crippen LogP contribution in [0.3, 0.4) is 0 Å². The van der Waals surface area contributed by atoms with E-state index in [4.69, 9.17) is 15.5 Å². The summed E-state index contributed by atoms with van der Waals surface area (Å²) < 4.78 is 47.1. The zero-order chi connectivity index (χ0) is 26.6. The summed E-state index contributed by atoms with van der Waals surface area (Å²) >= 11 is 0. The average molecular weight is 510 g/mol. The SMILES string of the molecule is CNCC#Cc1cc(-c2cc(-c3c(C(N)=O)ccnc3C(F)(F)F)ccc2C)cc(N2CCOCC2)n1. The van der Waals surface area contributed by atoms with Crippen LogP contribution in [0.25, 0.3) is 22.3 Å². The van der Waals surface area contributed by atoms with Gasteiger partial charge in [0.05, 0.1) is 25.3 Å². The van der Waals surface area contributed by atoms with Crippen molar-refractivity contribution in [1.82, 2.24) is 15.3 Å². The molecule has 0 bridgehead atoms. The van der Waals surface area contributed by atoms with Gasteiger partial charge < -0.3 is 20.7 Å². The van der Waals surface area contributed by atoms with E-state index in [0.717, 1.165) is 17.3 Å². The van der Waals surface area contributed by atoms with Crippen LogP contribution in [-0.4, -0.2) is 55.8 Å². The van der Waals surface area contributed by atoms with Crippen LogP contribution in [0.15, 0.2) is 42.6 Å². The Morgan fingerprint density at radius 2 is 1.92 bits per heavy atom. The van der Waals surface area contributed by atoms with Crippen LogP contribution in [0.2, 0.25) is 0 Å². The maximum absolute atomic E-state index is 13.9. The number of ether oxygens (including phenoxy) is 1. The molecule has 1 aliphatic heterocycles. The molecule has 1 saturated heterocycles. The zero-order valence-electron chi connectivity index (χ0n) is 20.4. The minimum Gasteiger partial charge on any atom is -0.378 e. The van der Waals surface area contributed by atoms with Gasteiger partial charge in [0, 0.05) is 24.8 Å². The van der Waals surface area contributed by atoms with Gasteiger partial charge in [-0.1, -0.05) is 18.1 Å². The number of rotatable bonds is 5. The number of halogens is 3. The van der Waals surface area contributed by atoms with Crippen molar-refractivity contribution in [2.45, 2.75) is 13.1 Å². The van der Waals surface area contributed by atoms with Crippen LogP contribution in [0, 0.1) is 18.8 Å². The fraction of sp³-hybridized carbons (Fsp3) is 0.296. The summed E-state index contributed by atoms with van der Waals surface area (Å²) in [6, 6.07) is 9.77. The van der Waals surface area contributed by atoms with Gasteiger partial charge in [-0.15, -0.1) is 0 Å². The molecule has 3 N–H and O–H groups in total. The predicted molar refractivity (Wildman–Crippen MR) is 135 cm³/mol. The van der Waals surface area contributed by atoms with E-state index in [-0.39, 0.29) is 16.7 Å². The summed E-state index contributed by atoms with van der Waals surface area (Å²) in [5, 5.41) is 2.96. The number of hydrogen-bond donors (Lipinski definition) is 2. The van der Waals surface area contributed by atoms with Crippen molar-refractivity contribution in [1.29, 1.82) is 0 Å². The van der Waals surface area contributed by atoms with Crippen molar-refractivity contribution in [3.8, 4) is 34.1 Å². The number of pyridine rings is 2. The normalized spacial score (nSPS) is 13.7. The quantitative estimate of drug-likeness (QED) is 0.510. The van der Waals surface area contributed by atoms with Crippen LogP contribution in [0.5, 0.6) is 0 Å². The van der Waals surface area contributed by atoms with Crippen molar-refractivity contribution in [3.63, 3.8) is 0 Å². The number of nitrogens with two attached hydrogens (primary N) is 1. The number of morpholine rings is 1. The topological polar surface area (TPSA) is 93.4 Å². The highest BCUT2D eigenvalue weighted by Crippen LogP contribution is 2.39. The molecule has 1 aromatic carbocycles. The summed E-state index contributed by atoms with van der Waals surface area (Å²) in [6.07, 6.45) is -3.84. The molecule has 3 aromatic rings. The Labute approximate surface area is 212 Å².